The highest BCUT2D eigenvalue weighted by Gasteiger charge is 2.38. The molecule has 0 fully saturated rings. The zero-order valence-electron chi connectivity index (χ0n) is 26.5. The number of sulfone groups is 1. The fourth-order valence-electron chi connectivity index (χ4n) is 3.80. The number of aliphatic hydroxyl groups is 2. The normalized spacial score (nSPS) is 16.8. The van der Waals surface area contributed by atoms with Gasteiger partial charge in [-0.25, -0.2) is 8.42 Å². The molecule has 5 nitrogen and oxygen atoms in total. The Kier molecular flexibility index (Phi) is 13.8. The molecule has 40 heavy (non-hydrogen) atoms. The van der Waals surface area contributed by atoms with Crippen molar-refractivity contribution >= 4 is 26.2 Å². The molecular weight excluding hydrogens is 553 g/mol. The number of benzene rings is 1. The highest BCUT2D eigenvalue weighted by Crippen LogP contribution is 2.36. The molecule has 0 heterocycles. The molecule has 0 spiro atoms. The highest BCUT2D eigenvalue weighted by molar-refractivity contribution is 7.92. The van der Waals surface area contributed by atoms with E-state index in [0.29, 0.717) is 19.4 Å². The number of aliphatic hydroxyl groups excluding tert-OH is 1. The summed E-state index contributed by atoms with van der Waals surface area (Å²) in [4.78, 5) is 0.206. The molecule has 3 unspecified atom stereocenters. The van der Waals surface area contributed by atoms with Gasteiger partial charge in [0, 0.05) is 6.42 Å². The van der Waals surface area contributed by atoms with Crippen molar-refractivity contribution in [3.63, 3.8) is 0 Å². The Hall–Kier alpha value is -1.48. The standard InChI is InChI=1S/C32H54O5SSi2/c1-27(19-13-12-17-23-37-40(9,10)31(2,3)4)25-29(38(35,36)28-20-14-11-15-21-28)26-32(5,34)30(33)22-16-18-24-39(6,7)8/h11-12,14-15,17,20-21,25,29-30,33-34H,13,16,19,22-23,26H2,1-10H3/b17-12+,27-25+. The lowest BCUT2D eigenvalue weighted by atomic mass is 9.90. The van der Waals surface area contributed by atoms with Gasteiger partial charge in [0.05, 0.1) is 28.5 Å². The van der Waals surface area contributed by atoms with Crippen molar-refractivity contribution in [1.82, 2.24) is 0 Å². The molecule has 0 radical (unpaired) electrons. The molecule has 0 aliphatic heterocycles. The average Bonchev–Trinajstić information content (AvgIpc) is 2.82. The van der Waals surface area contributed by atoms with Crippen LogP contribution in [0, 0.1) is 11.5 Å². The maximum absolute atomic E-state index is 13.6. The van der Waals surface area contributed by atoms with Crippen molar-refractivity contribution in [2.24, 2.45) is 0 Å². The van der Waals surface area contributed by atoms with Crippen LogP contribution in [0.15, 0.2) is 59.0 Å². The zero-order valence-corrected chi connectivity index (χ0v) is 29.4. The number of allylic oxidation sites excluding steroid dienone is 2. The Labute approximate surface area is 247 Å². The smallest absolute Gasteiger partial charge is 0.192 e. The van der Waals surface area contributed by atoms with Gasteiger partial charge in [0.25, 0.3) is 0 Å². The molecular formula is C32H54O5SSi2. The van der Waals surface area contributed by atoms with Crippen LogP contribution in [-0.4, -0.2) is 58.6 Å². The molecule has 0 aliphatic rings. The molecule has 0 amide bonds. The van der Waals surface area contributed by atoms with Crippen molar-refractivity contribution in [1.29, 1.82) is 0 Å². The SMILES string of the molecule is C/C(=C\C(CC(C)(O)C(O)CCC#C[Si](C)(C)C)S(=O)(=O)c1ccccc1)CC/C=C/CO[Si](C)(C)C(C)(C)C. The predicted molar refractivity (Wildman–Crippen MR) is 174 cm³/mol. The molecule has 2 N–H and O–H groups in total. The zero-order chi connectivity index (χ0) is 30.8. The Balaban J connectivity index is 3.02. The van der Waals surface area contributed by atoms with Gasteiger partial charge < -0.3 is 14.6 Å². The summed E-state index contributed by atoms with van der Waals surface area (Å²) in [6, 6.07) is 8.32. The van der Waals surface area contributed by atoms with Gasteiger partial charge in [0.1, 0.15) is 8.07 Å². The van der Waals surface area contributed by atoms with E-state index < -0.39 is 43.2 Å². The Morgan fingerprint density at radius 3 is 2.20 bits per heavy atom. The average molecular weight is 607 g/mol. The first-order chi connectivity index (χ1) is 18.2. The van der Waals surface area contributed by atoms with E-state index in [1.54, 1.807) is 36.4 Å². The van der Waals surface area contributed by atoms with Crippen LogP contribution in [0.2, 0.25) is 37.8 Å². The van der Waals surface area contributed by atoms with Crippen molar-refractivity contribution in [3.8, 4) is 11.5 Å². The summed E-state index contributed by atoms with van der Waals surface area (Å²) in [7, 11) is -7.09. The van der Waals surface area contributed by atoms with Crippen LogP contribution >= 0.6 is 0 Å². The molecule has 1 aromatic rings. The van der Waals surface area contributed by atoms with Crippen LogP contribution in [0.5, 0.6) is 0 Å². The van der Waals surface area contributed by atoms with Crippen LogP contribution in [0.4, 0.5) is 0 Å². The second-order valence-corrected chi connectivity index (χ2v) is 25.4. The van der Waals surface area contributed by atoms with E-state index in [1.165, 1.54) is 6.92 Å². The van der Waals surface area contributed by atoms with Crippen LogP contribution < -0.4 is 0 Å². The van der Waals surface area contributed by atoms with E-state index in [4.69, 9.17) is 4.43 Å². The summed E-state index contributed by atoms with van der Waals surface area (Å²) < 4.78 is 33.5. The molecule has 0 bridgehead atoms. The predicted octanol–water partition coefficient (Wildman–Crippen LogP) is 7.30. The minimum absolute atomic E-state index is 0.111. The lowest BCUT2D eigenvalue weighted by Gasteiger charge is -2.35. The molecule has 1 aromatic carbocycles. The van der Waals surface area contributed by atoms with Gasteiger partial charge in [-0.3, -0.25) is 0 Å². The van der Waals surface area contributed by atoms with Crippen molar-refractivity contribution in [2.75, 3.05) is 6.61 Å². The van der Waals surface area contributed by atoms with Crippen LogP contribution in [0.25, 0.3) is 0 Å². The van der Waals surface area contributed by atoms with E-state index in [0.717, 1.165) is 12.0 Å². The quantitative estimate of drug-likeness (QED) is 0.132. The van der Waals surface area contributed by atoms with E-state index >= 15 is 0 Å². The third kappa shape index (κ3) is 12.6. The Morgan fingerprint density at radius 1 is 1.05 bits per heavy atom. The largest absolute Gasteiger partial charge is 0.413 e. The van der Waals surface area contributed by atoms with E-state index in [-0.39, 0.29) is 22.8 Å². The van der Waals surface area contributed by atoms with Gasteiger partial charge in [-0.15, -0.1) is 11.5 Å². The Morgan fingerprint density at radius 2 is 1.65 bits per heavy atom. The summed E-state index contributed by atoms with van der Waals surface area (Å²) in [5.74, 6) is 3.12. The highest BCUT2D eigenvalue weighted by atomic mass is 32.2. The van der Waals surface area contributed by atoms with Crippen molar-refractivity contribution in [2.45, 2.75) is 126 Å². The van der Waals surface area contributed by atoms with Crippen LogP contribution in [-0.2, 0) is 14.3 Å². The fourth-order valence-corrected chi connectivity index (χ4v) is 7.26. The maximum atomic E-state index is 13.6. The van der Waals surface area contributed by atoms with Crippen molar-refractivity contribution < 1.29 is 23.1 Å². The van der Waals surface area contributed by atoms with Gasteiger partial charge in [0.15, 0.2) is 18.2 Å². The number of hydrogen-bond donors (Lipinski definition) is 2. The van der Waals surface area contributed by atoms with Gasteiger partial charge in [0.2, 0.25) is 0 Å². The molecule has 0 aliphatic carbocycles. The molecule has 226 valence electrons. The van der Waals surface area contributed by atoms with E-state index in [1.807, 2.05) is 13.0 Å². The van der Waals surface area contributed by atoms with Crippen LogP contribution in [0.3, 0.4) is 0 Å². The number of hydrogen-bond acceptors (Lipinski definition) is 5. The third-order valence-electron chi connectivity index (χ3n) is 7.50. The minimum Gasteiger partial charge on any atom is -0.413 e. The first-order valence-electron chi connectivity index (χ1n) is 14.3. The topological polar surface area (TPSA) is 83.8 Å². The van der Waals surface area contributed by atoms with Gasteiger partial charge in [-0.2, -0.15) is 0 Å². The summed E-state index contributed by atoms with van der Waals surface area (Å²) in [5.41, 5.74) is 2.60. The molecule has 0 aromatic heterocycles. The molecule has 3 atom stereocenters. The second kappa shape index (κ2) is 15.1. The Bertz CT molecular complexity index is 1150. The van der Waals surface area contributed by atoms with Gasteiger partial charge >= 0.3 is 0 Å². The molecule has 8 heteroatoms. The van der Waals surface area contributed by atoms with E-state index in [2.05, 4.69) is 71.0 Å². The summed E-state index contributed by atoms with van der Waals surface area (Å²) >= 11 is 0. The van der Waals surface area contributed by atoms with Crippen molar-refractivity contribution in [3.05, 3.63) is 54.1 Å². The molecule has 1 rings (SSSR count). The first-order valence-corrected chi connectivity index (χ1v) is 22.3. The minimum atomic E-state index is -3.78. The molecule has 0 saturated heterocycles. The summed E-state index contributed by atoms with van der Waals surface area (Å²) in [6.07, 6.45) is 6.85. The lowest BCUT2D eigenvalue weighted by molar-refractivity contribution is -0.0681. The first kappa shape index (κ1) is 36.5. The third-order valence-corrected chi connectivity index (χ3v) is 15.0. The number of rotatable bonds is 14. The van der Waals surface area contributed by atoms with Gasteiger partial charge in [-0.1, -0.05) is 82.4 Å². The van der Waals surface area contributed by atoms with Crippen LogP contribution in [0.1, 0.15) is 66.7 Å². The second-order valence-electron chi connectivity index (χ2n) is 13.7. The summed E-state index contributed by atoms with van der Waals surface area (Å²) in [6.45, 7) is 21.6. The molecule has 0 saturated carbocycles. The lowest BCUT2D eigenvalue weighted by Crippen LogP contribution is -2.43. The summed E-state index contributed by atoms with van der Waals surface area (Å²) in [5, 5.41) is 21.2. The van der Waals surface area contributed by atoms with E-state index in [9.17, 15) is 18.6 Å². The van der Waals surface area contributed by atoms with Gasteiger partial charge in [-0.05, 0) is 69.8 Å². The fraction of sp³-hybridized carbons (Fsp3) is 0.625. The monoisotopic (exact) mass is 606 g/mol. The maximum Gasteiger partial charge on any atom is 0.192 e.